The van der Waals surface area contributed by atoms with Crippen LogP contribution in [-0.4, -0.2) is 24.2 Å². The molecule has 5 nitrogen and oxygen atoms in total. The molecule has 1 aliphatic rings. The number of carbonyl (C=O) groups excluding carboxylic acids is 1. The molecule has 0 saturated heterocycles. The first-order valence-electron chi connectivity index (χ1n) is 6.48. The SMILES string of the molecule is O=C(NC[C@@H](O)c1ccc2c(c1)CCO2)c1ccoc1. The van der Waals surface area contributed by atoms with Gasteiger partial charge in [-0.3, -0.25) is 4.79 Å². The number of furan rings is 1. The normalized spacial score (nSPS) is 14.4. The number of fused-ring (bicyclic) bond motifs is 1. The monoisotopic (exact) mass is 273 g/mol. The van der Waals surface area contributed by atoms with Crippen molar-refractivity contribution in [3.63, 3.8) is 0 Å². The molecular formula is C15H15NO4. The summed E-state index contributed by atoms with van der Waals surface area (Å²) in [4.78, 5) is 11.7. The van der Waals surface area contributed by atoms with Gasteiger partial charge in [-0.25, -0.2) is 0 Å². The van der Waals surface area contributed by atoms with Crippen molar-refractivity contribution >= 4 is 5.91 Å². The van der Waals surface area contributed by atoms with Crippen LogP contribution in [-0.2, 0) is 6.42 Å². The molecule has 0 radical (unpaired) electrons. The van der Waals surface area contributed by atoms with Crippen molar-refractivity contribution in [3.05, 3.63) is 53.5 Å². The number of aliphatic hydroxyl groups is 1. The minimum Gasteiger partial charge on any atom is -0.493 e. The Morgan fingerprint density at radius 1 is 1.40 bits per heavy atom. The van der Waals surface area contributed by atoms with E-state index >= 15 is 0 Å². The first-order chi connectivity index (χ1) is 9.74. The highest BCUT2D eigenvalue weighted by molar-refractivity contribution is 5.93. The molecule has 0 unspecified atom stereocenters. The van der Waals surface area contributed by atoms with E-state index in [0.717, 1.165) is 23.3 Å². The maximum Gasteiger partial charge on any atom is 0.254 e. The summed E-state index contributed by atoms with van der Waals surface area (Å²) in [6.45, 7) is 0.843. The Kier molecular flexibility index (Phi) is 3.43. The number of amides is 1. The highest BCUT2D eigenvalue weighted by Gasteiger charge is 2.16. The number of nitrogens with one attached hydrogen (secondary N) is 1. The second-order valence-electron chi connectivity index (χ2n) is 4.70. The summed E-state index contributed by atoms with van der Waals surface area (Å²) in [6, 6.07) is 7.18. The molecule has 0 aliphatic carbocycles. The molecule has 1 aliphatic heterocycles. The van der Waals surface area contributed by atoms with Gasteiger partial charge in [-0.15, -0.1) is 0 Å². The van der Waals surface area contributed by atoms with Crippen LogP contribution in [0.5, 0.6) is 5.75 Å². The Labute approximate surface area is 116 Å². The van der Waals surface area contributed by atoms with Crippen molar-refractivity contribution in [3.8, 4) is 5.75 Å². The van der Waals surface area contributed by atoms with Crippen LogP contribution in [0, 0.1) is 0 Å². The standard InChI is InChI=1S/C15H15NO4/c17-13(8-16-15(18)12-3-5-19-9-12)10-1-2-14-11(7-10)4-6-20-14/h1-3,5,7,9,13,17H,4,6,8H2,(H,16,18)/t13-/m1/s1. The highest BCUT2D eigenvalue weighted by Crippen LogP contribution is 2.27. The Balaban J connectivity index is 1.62. The van der Waals surface area contributed by atoms with E-state index in [0.29, 0.717) is 12.2 Å². The van der Waals surface area contributed by atoms with Gasteiger partial charge in [-0.05, 0) is 29.3 Å². The average molecular weight is 273 g/mol. The van der Waals surface area contributed by atoms with Gasteiger partial charge in [0.25, 0.3) is 5.91 Å². The summed E-state index contributed by atoms with van der Waals surface area (Å²) in [5.74, 6) is 0.616. The molecular weight excluding hydrogens is 258 g/mol. The molecule has 1 aromatic heterocycles. The summed E-state index contributed by atoms with van der Waals surface area (Å²) in [5.41, 5.74) is 2.32. The number of hydrogen-bond acceptors (Lipinski definition) is 4. The van der Waals surface area contributed by atoms with E-state index in [2.05, 4.69) is 5.32 Å². The minimum atomic E-state index is -0.739. The molecule has 5 heteroatoms. The van der Waals surface area contributed by atoms with Gasteiger partial charge in [0.05, 0.1) is 24.5 Å². The minimum absolute atomic E-state index is 0.156. The number of aliphatic hydroxyl groups excluding tert-OH is 1. The molecule has 2 heterocycles. The fraction of sp³-hybridized carbons (Fsp3) is 0.267. The maximum atomic E-state index is 11.7. The van der Waals surface area contributed by atoms with Crippen LogP contribution in [0.25, 0.3) is 0 Å². The number of rotatable bonds is 4. The van der Waals surface area contributed by atoms with Crippen LogP contribution < -0.4 is 10.1 Å². The Morgan fingerprint density at radius 3 is 3.10 bits per heavy atom. The molecule has 0 saturated carbocycles. The smallest absolute Gasteiger partial charge is 0.254 e. The fourth-order valence-corrected chi connectivity index (χ4v) is 2.22. The summed E-state index contributed by atoms with van der Waals surface area (Å²) >= 11 is 0. The zero-order chi connectivity index (χ0) is 13.9. The van der Waals surface area contributed by atoms with E-state index in [9.17, 15) is 9.90 Å². The number of benzene rings is 1. The van der Waals surface area contributed by atoms with Gasteiger partial charge in [0, 0.05) is 13.0 Å². The van der Waals surface area contributed by atoms with E-state index in [-0.39, 0.29) is 12.5 Å². The Morgan fingerprint density at radius 2 is 2.30 bits per heavy atom. The summed E-state index contributed by atoms with van der Waals surface area (Å²) < 4.78 is 10.3. The van der Waals surface area contributed by atoms with E-state index in [4.69, 9.17) is 9.15 Å². The third-order valence-electron chi connectivity index (χ3n) is 3.34. The fourth-order valence-electron chi connectivity index (χ4n) is 2.22. The van der Waals surface area contributed by atoms with E-state index in [1.54, 1.807) is 6.07 Å². The van der Waals surface area contributed by atoms with Gasteiger partial charge in [0.1, 0.15) is 12.0 Å². The van der Waals surface area contributed by atoms with Gasteiger partial charge in [0.2, 0.25) is 0 Å². The predicted octanol–water partition coefficient (Wildman–Crippen LogP) is 1.68. The van der Waals surface area contributed by atoms with E-state index in [1.165, 1.54) is 12.5 Å². The molecule has 2 N–H and O–H groups in total. The Bertz CT molecular complexity index is 606. The van der Waals surface area contributed by atoms with E-state index < -0.39 is 6.10 Å². The molecule has 2 aromatic rings. The van der Waals surface area contributed by atoms with Crippen molar-refractivity contribution in [1.29, 1.82) is 0 Å². The van der Waals surface area contributed by atoms with E-state index in [1.807, 2.05) is 18.2 Å². The first-order valence-corrected chi connectivity index (χ1v) is 6.48. The van der Waals surface area contributed by atoms with Crippen LogP contribution in [0.3, 0.4) is 0 Å². The zero-order valence-electron chi connectivity index (χ0n) is 10.8. The second-order valence-corrected chi connectivity index (χ2v) is 4.70. The molecule has 0 spiro atoms. The van der Waals surface area contributed by atoms with Crippen molar-refractivity contribution in [1.82, 2.24) is 5.32 Å². The number of ether oxygens (including phenoxy) is 1. The molecule has 1 aromatic carbocycles. The molecule has 1 amide bonds. The molecule has 3 rings (SSSR count). The molecule has 0 bridgehead atoms. The quantitative estimate of drug-likeness (QED) is 0.889. The van der Waals surface area contributed by atoms with Crippen molar-refractivity contribution in [2.45, 2.75) is 12.5 Å². The van der Waals surface area contributed by atoms with Crippen molar-refractivity contribution in [2.75, 3.05) is 13.2 Å². The molecule has 104 valence electrons. The highest BCUT2D eigenvalue weighted by atomic mass is 16.5. The Hall–Kier alpha value is -2.27. The number of hydrogen-bond donors (Lipinski definition) is 2. The van der Waals surface area contributed by atoms with Crippen LogP contribution in [0.1, 0.15) is 27.6 Å². The topological polar surface area (TPSA) is 71.7 Å². The van der Waals surface area contributed by atoms with Gasteiger partial charge in [-0.1, -0.05) is 6.07 Å². The van der Waals surface area contributed by atoms with Crippen molar-refractivity contribution < 1.29 is 19.1 Å². The van der Waals surface area contributed by atoms with Gasteiger partial charge in [-0.2, -0.15) is 0 Å². The van der Waals surface area contributed by atoms with Crippen LogP contribution in [0.15, 0.2) is 41.2 Å². The number of carbonyl (C=O) groups is 1. The maximum absolute atomic E-state index is 11.7. The molecule has 1 atom stereocenters. The third kappa shape index (κ3) is 2.53. The summed E-state index contributed by atoms with van der Waals surface area (Å²) in [7, 11) is 0. The third-order valence-corrected chi connectivity index (χ3v) is 3.34. The van der Waals surface area contributed by atoms with Gasteiger partial charge in [0.15, 0.2) is 0 Å². The summed E-state index contributed by atoms with van der Waals surface area (Å²) in [5, 5.41) is 12.8. The zero-order valence-corrected chi connectivity index (χ0v) is 10.8. The first kappa shape index (κ1) is 12.7. The van der Waals surface area contributed by atoms with Gasteiger partial charge >= 0.3 is 0 Å². The molecule has 0 fully saturated rings. The van der Waals surface area contributed by atoms with Crippen LogP contribution >= 0.6 is 0 Å². The lowest BCUT2D eigenvalue weighted by Crippen LogP contribution is -2.28. The molecule has 20 heavy (non-hydrogen) atoms. The predicted molar refractivity (Wildman–Crippen MR) is 71.6 cm³/mol. The van der Waals surface area contributed by atoms with Crippen molar-refractivity contribution in [2.24, 2.45) is 0 Å². The summed E-state index contributed by atoms with van der Waals surface area (Å²) in [6.07, 6.45) is 2.93. The lowest BCUT2D eigenvalue weighted by atomic mass is 10.0. The second kappa shape index (κ2) is 5.38. The van der Waals surface area contributed by atoms with Gasteiger partial charge < -0.3 is 19.6 Å². The van der Waals surface area contributed by atoms with Crippen LogP contribution in [0.4, 0.5) is 0 Å². The lowest BCUT2D eigenvalue weighted by Gasteiger charge is -2.13. The average Bonchev–Trinajstić information content (AvgIpc) is 3.13. The lowest BCUT2D eigenvalue weighted by molar-refractivity contribution is 0.0915. The van der Waals surface area contributed by atoms with Crippen LogP contribution in [0.2, 0.25) is 0 Å². The largest absolute Gasteiger partial charge is 0.493 e.